The normalized spacial score (nSPS) is 11.4. The zero-order chi connectivity index (χ0) is 101. The maximum Gasteiger partial charge on any atom is 0.164 e. The van der Waals surface area contributed by atoms with Crippen LogP contribution in [0.4, 0.5) is 0 Å². The molecule has 1 aliphatic carbocycles. The molecule has 25 rings (SSSR count). The molecule has 0 atom stereocenters. The molecule has 12 heteroatoms. The molecule has 708 valence electrons. The van der Waals surface area contributed by atoms with Crippen LogP contribution in [0.5, 0.6) is 0 Å². The first-order valence-corrected chi connectivity index (χ1v) is 49.8. The highest BCUT2D eigenvalue weighted by molar-refractivity contribution is 5.90. The molecule has 5 heterocycles. The quantitative estimate of drug-likeness (QED) is 0.0904. The Morgan fingerprint density at radius 2 is 0.351 bits per heavy atom. The second-order valence-electron chi connectivity index (χ2n) is 37.5. The van der Waals surface area contributed by atoms with Crippen molar-refractivity contribution in [1.29, 1.82) is 0 Å². The third-order valence-electron chi connectivity index (χ3n) is 26.5. The highest BCUT2D eigenvalue weighted by Crippen LogP contribution is 2.50. The number of hydrogen-bond donors (Lipinski definition) is 0. The molecule has 1 aliphatic rings. The zero-order valence-electron chi connectivity index (χ0n) is 83.3. The largest absolute Gasteiger partial charge is 0.233 e. The Balaban J connectivity index is 0.000000111. The molecule has 24 aromatic rings. The van der Waals surface area contributed by atoms with Crippen LogP contribution in [0.1, 0.15) is 53.1 Å². The summed E-state index contributed by atoms with van der Waals surface area (Å²) in [4.78, 5) is 58.2. The van der Waals surface area contributed by atoms with Gasteiger partial charge in [0.1, 0.15) is 5.82 Å². The number of hydrogen-bond acceptors (Lipinski definition) is 12. The van der Waals surface area contributed by atoms with Crippen LogP contribution in [-0.2, 0) is 5.41 Å². The van der Waals surface area contributed by atoms with Crippen molar-refractivity contribution >= 4 is 21.5 Å². The van der Waals surface area contributed by atoms with Crippen LogP contribution in [0, 0.1) is 34.6 Å². The van der Waals surface area contributed by atoms with E-state index in [9.17, 15) is 0 Å². The molecule has 0 radical (unpaired) electrons. The highest BCUT2D eigenvalue weighted by Gasteiger charge is 2.36. The average Bonchev–Trinajstić information content (AvgIpc) is 1.57. The maximum absolute atomic E-state index is 5.08. The van der Waals surface area contributed by atoms with E-state index in [0.29, 0.717) is 34.9 Å². The van der Waals surface area contributed by atoms with E-state index in [1.807, 2.05) is 140 Å². The Hall–Kier alpha value is -19.0. The second kappa shape index (κ2) is 43.8. The monoisotopic (exact) mass is 1900 g/mol. The Kier molecular flexibility index (Phi) is 28.2. The fourth-order valence-electron chi connectivity index (χ4n) is 18.5. The number of rotatable bonds is 16. The molecule has 0 unspecified atom stereocenters. The fourth-order valence-corrected chi connectivity index (χ4v) is 18.5. The van der Waals surface area contributed by atoms with Crippen molar-refractivity contribution in [3.05, 3.63) is 543 Å². The fraction of sp³-hybridized carbons (Fsp3) is 0.0588. The first-order chi connectivity index (χ1) is 72.6. The first-order valence-electron chi connectivity index (χ1n) is 49.8. The molecule has 148 heavy (non-hydrogen) atoms. The summed E-state index contributed by atoms with van der Waals surface area (Å²) in [6.45, 7) is 15.0. The van der Waals surface area contributed by atoms with Crippen LogP contribution in [0.2, 0.25) is 0 Å². The predicted octanol–water partition coefficient (Wildman–Crippen LogP) is 34.0. The van der Waals surface area contributed by atoms with Gasteiger partial charge in [-0.05, 0) is 143 Å². The summed E-state index contributed by atoms with van der Waals surface area (Å²) >= 11 is 0. The van der Waals surface area contributed by atoms with Crippen molar-refractivity contribution in [3.63, 3.8) is 0 Å². The Bertz CT molecular complexity index is 8400. The molecule has 0 fully saturated rings. The number of aryl methyl sites for hydroxylation is 5. The standard InChI is InChI=1S/C39H29N3.C34H25N3.2C23H18N2.C17H14N2/c1-24-12-18-32-33-19-17-31(23-35(33)39(2,3)34(32)20-24)38-41-36(29-15-13-25-8-4-6-10-27(25)21-29)40-37(42-38)30-16-14-26-9-5-7-11-28(26)22-30;1-24-12-14-29(15-13-24)32-35-33(30-20-16-27(17-21-30)25-8-4-2-5-9-25)37-34(36-32)31-22-18-28(19-23-31)26-10-6-3-7-11-26;1-17-9-8-14-20(15-17)23-24-21(18-10-4-2-5-11-18)16-22(25-23)19-12-6-3-7-13-19;1-17-12-14-20(15-13-17)23-24-21(18-8-4-2-5-9-18)16-22(25-23)19-10-6-3-7-11-19;1-13-18-16(14-8-4-2-5-9-14)12-17(19-13)15-10-6-3-7-11-15/h4-23H,1-3H3;2-23H,1H3;2*2-16H,1H3;2-12H,1H3. The van der Waals surface area contributed by atoms with Crippen molar-refractivity contribution < 1.29 is 0 Å². The summed E-state index contributed by atoms with van der Waals surface area (Å²) in [6, 6.07) is 173. The Morgan fingerprint density at radius 3 is 0.689 bits per heavy atom. The van der Waals surface area contributed by atoms with Crippen LogP contribution in [0.25, 0.3) is 214 Å². The van der Waals surface area contributed by atoms with Crippen molar-refractivity contribution in [2.24, 2.45) is 0 Å². The lowest BCUT2D eigenvalue weighted by atomic mass is 9.81. The maximum atomic E-state index is 5.08. The first kappa shape index (κ1) is 95.2. The zero-order valence-corrected chi connectivity index (χ0v) is 83.3. The minimum Gasteiger partial charge on any atom is -0.233 e. The number of aromatic nitrogens is 12. The predicted molar refractivity (Wildman–Crippen MR) is 609 cm³/mol. The molecule has 19 aromatic carbocycles. The Labute approximate surface area is 864 Å². The number of nitrogens with zero attached hydrogens (tertiary/aromatic N) is 12. The summed E-state index contributed by atoms with van der Waals surface area (Å²) in [5, 5.41) is 4.72. The van der Waals surface area contributed by atoms with Gasteiger partial charge < -0.3 is 0 Å². The van der Waals surface area contributed by atoms with E-state index in [1.165, 1.54) is 66.4 Å². The third-order valence-corrected chi connectivity index (χ3v) is 26.5. The van der Waals surface area contributed by atoms with E-state index in [0.717, 1.165) is 151 Å². The van der Waals surface area contributed by atoms with Gasteiger partial charge in [-0.25, -0.2) is 59.8 Å². The van der Waals surface area contributed by atoms with Gasteiger partial charge in [0, 0.05) is 83.3 Å². The van der Waals surface area contributed by atoms with Gasteiger partial charge in [0.25, 0.3) is 0 Å². The van der Waals surface area contributed by atoms with Gasteiger partial charge in [-0.15, -0.1) is 0 Å². The Morgan fingerprint density at radius 1 is 0.135 bits per heavy atom. The summed E-state index contributed by atoms with van der Waals surface area (Å²) in [5.74, 6) is 6.31. The van der Waals surface area contributed by atoms with Gasteiger partial charge in [0.15, 0.2) is 46.6 Å². The molecular formula is C136H104N12. The number of fused-ring (bicyclic) bond motifs is 5. The molecule has 0 amide bonds. The average molecular weight is 1910 g/mol. The lowest BCUT2D eigenvalue weighted by Gasteiger charge is -2.22. The molecule has 0 spiro atoms. The molecule has 5 aromatic heterocycles. The molecule has 12 nitrogen and oxygen atoms in total. The topological polar surface area (TPSA) is 155 Å². The van der Waals surface area contributed by atoms with Crippen LogP contribution >= 0.6 is 0 Å². The summed E-state index contributed by atoms with van der Waals surface area (Å²) in [7, 11) is 0. The van der Waals surface area contributed by atoms with Crippen LogP contribution in [-0.4, -0.2) is 59.8 Å². The summed E-state index contributed by atoms with van der Waals surface area (Å²) < 4.78 is 0. The van der Waals surface area contributed by atoms with Crippen molar-refractivity contribution in [1.82, 2.24) is 59.8 Å². The smallest absolute Gasteiger partial charge is 0.164 e. The van der Waals surface area contributed by atoms with E-state index in [-0.39, 0.29) is 5.41 Å². The minimum atomic E-state index is -0.109. The molecule has 0 N–H and O–H groups in total. The molecule has 0 saturated carbocycles. The number of benzene rings is 19. The van der Waals surface area contributed by atoms with E-state index in [1.54, 1.807) is 0 Å². The van der Waals surface area contributed by atoms with Gasteiger partial charge >= 0.3 is 0 Å². The molecule has 0 aliphatic heterocycles. The van der Waals surface area contributed by atoms with Crippen LogP contribution < -0.4 is 0 Å². The van der Waals surface area contributed by atoms with Gasteiger partial charge in [-0.2, -0.15) is 0 Å². The SMILES string of the molecule is Cc1ccc(-c2nc(-c3ccc(-c4ccccc4)cc3)nc(-c3ccc(-c4ccccc4)cc3)n2)cc1.Cc1ccc(-c2nc(-c3ccccc3)cc(-c3ccccc3)n2)cc1.Cc1ccc2c(c1)C(C)(C)c1cc(-c3nc(-c4ccc5ccccc5c4)nc(-c4ccc5ccccc5c4)n3)ccc1-2.Cc1cccc(-c2nc(-c3ccccc3)cc(-c3ccccc3)n2)c1.Cc1nc(-c2ccccc2)cc(-c2ccccc2)n1. The summed E-state index contributed by atoms with van der Waals surface area (Å²) in [6.07, 6.45) is 0. The van der Waals surface area contributed by atoms with E-state index >= 15 is 0 Å². The summed E-state index contributed by atoms with van der Waals surface area (Å²) in [5.41, 5.74) is 35.0. The van der Waals surface area contributed by atoms with Crippen molar-refractivity contribution in [3.8, 4) is 192 Å². The van der Waals surface area contributed by atoms with Crippen LogP contribution in [0.15, 0.2) is 504 Å². The van der Waals surface area contributed by atoms with Gasteiger partial charge in [-0.3, -0.25) is 0 Å². The molecule has 0 bridgehead atoms. The molecule has 0 saturated heterocycles. The third kappa shape index (κ3) is 22.2. The minimum absolute atomic E-state index is 0.109. The lowest BCUT2D eigenvalue weighted by molar-refractivity contribution is 0.660. The van der Waals surface area contributed by atoms with Gasteiger partial charge in [0.2, 0.25) is 0 Å². The van der Waals surface area contributed by atoms with Gasteiger partial charge in [0.05, 0.1) is 34.2 Å². The highest BCUT2D eigenvalue weighted by atomic mass is 15.0. The van der Waals surface area contributed by atoms with Crippen LogP contribution in [0.3, 0.4) is 0 Å². The molecular weight excluding hydrogens is 1800 g/mol. The van der Waals surface area contributed by atoms with E-state index in [4.69, 9.17) is 49.8 Å². The lowest BCUT2D eigenvalue weighted by Crippen LogP contribution is -2.15. The second-order valence-corrected chi connectivity index (χ2v) is 37.5. The van der Waals surface area contributed by atoms with E-state index < -0.39 is 0 Å². The van der Waals surface area contributed by atoms with Crippen molar-refractivity contribution in [2.75, 3.05) is 0 Å². The van der Waals surface area contributed by atoms with E-state index in [2.05, 4.69) is 422 Å². The van der Waals surface area contributed by atoms with Gasteiger partial charge in [-0.1, -0.05) is 497 Å². The van der Waals surface area contributed by atoms with Crippen molar-refractivity contribution in [2.45, 2.75) is 53.9 Å².